The summed E-state index contributed by atoms with van der Waals surface area (Å²) in [5.74, 6) is -0.263. The summed E-state index contributed by atoms with van der Waals surface area (Å²) in [6, 6.07) is 0.711. The van der Waals surface area contributed by atoms with Gasteiger partial charge in [0.15, 0.2) is 0 Å². The number of hydrogen-bond acceptors (Lipinski definition) is 4. The highest BCUT2D eigenvalue weighted by atomic mass is 28.4. The Hall–Kier alpha value is -0.433. The van der Waals surface area contributed by atoms with Crippen LogP contribution in [0.15, 0.2) is 0 Å². The monoisotopic (exact) mass is 262 g/mol. The molecule has 1 N–H and O–H groups in total. The molecule has 0 aliphatic heterocycles. The van der Waals surface area contributed by atoms with E-state index in [-0.39, 0.29) is 5.91 Å². The Morgan fingerprint density at radius 1 is 1.12 bits per heavy atom. The minimum Gasteiger partial charge on any atom is -0.374 e. The van der Waals surface area contributed by atoms with Gasteiger partial charge < -0.3 is 18.6 Å². The lowest BCUT2D eigenvalue weighted by Gasteiger charge is -2.28. The molecule has 5 nitrogen and oxygen atoms in total. The molecule has 0 atom stereocenters. The van der Waals surface area contributed by atoms with Gasteiger partial charge in [-0.25, -0.2) is 0 Å². The lowest BCUT2D eigenvalue weighted by atomic mass is 10.5. The van der Waals surface area contributed by atoms with Crippen LogP contribution in [0.2, 0.25) is 6.04 Å². The molecule has 0 saturated carbocycles. The summed E-state index contributed by atoms with van der Waals surface area (Å²) in [5, 5.41) is 2.65. The van der Waals surface area contributed by atoms with Crippen LogP contribution in [0.25, 0.3) is 0 Å². The van der Waals surface area contributed by atoms with Crippen molar-refractivity contribution in [3.05, 3.63) is 6.92 Å². The van der Waals surface area contributed by atoms with Gasteiger partial charge in [0.05, 0.1) is 0 Å². The molecule has 0 spiro atoms. The maximum atomic E-state index is 10.6. The molecular weight excluding hydrogens is 238 g/mol. The van der Waals surface area contributed by atoms with E-state index in [1.165, 1.54) is 0 Å². The third-order valence-electron chi connectivity index (χ3n) is 2.07. The second-order valence-electron chi connectivity index (χ2n) is 3.44. The van der Waals surface area contributed by atoms with Crippen molar-refractivity contribution >= 4 is 14.7 Å². The van der Waals surface area contributed by atoms with E-state index in [1.807, 2.05) is 20.8 Å². The molecule has 1 radical (unpaired) electrons. The Morgan fingerprint density at radius 2 is 1.59 bits per heavy atom. The molecule has 0 aromatic rings. The first-order valence-electron chi connectivity index (χ1n) is 6.11. The minimum atomic E-state index is -2.54. The van der Waals surface area contributed by atoms with Crippen molar-refractivity contribution in [1.29, 1.82) is 0 Å². The number of carbonyl (C=O) groups excluding carboxylic acids is 1. The van der Waals surface area contributed by atoms with Crippen LogP contribution in [0.3, 0.4) is 0 Å². The van der Waals surface area contributed by atoms with Crippen LogP contribution in [0, 0.1) is 6.92 Å². The molecule has 0 bridgehead atoms. The fraction of sp³-hybridized carbons (Fsp3) is 0.818. The van der Waals surface area contributed by atoms with Crippen LogP contribution < -0.4 is 5.32 Å². The zero-order chi connectivity index (χ0) is 13.1. The first-order valence-corrected chi connectivity index (χ1v) is 8.05. The molecule has 101 valence electrons. The maximum absolute atomic E-state index is 10.6. The van der Waals surface area contributed by atoms with E-state index in [2.05, 4.69) is 12.2 Å². The Labute approximate surface area is 105 Å². The Kier molecular flexibility index (Phi) is 9.34. The standard InChI is InChI=1S/C11H24NO4Si/c1-5-14-17(15-6-2,16-7-3)10-8-9-12-11(4)13/h4-10H2,1-3H3,(H,12,13). The molecule has 1 amide bonds. The van der Waals surface area contributed by atoms with Crippen LogP contribution in [-0.2, 0) is 18.1 Å². The normalized spacial score (nSPS) is 11.5. The summed E-state index contributed by atoms with van der Waals surface area (Å²) in [7, 11) is -2.54. The molecule has 0 saturated heterocycles. The summed E-state index contributed by atoms with van der Waals surface area (Å²) < 4.78 is 17.1. The zero-order valence-electron chi connectivity index (χ0n) is 11.1. The molecular formula is C11H24NO4Si. The van der Waals surface area contributed by atoms with Crippen molar-refractivity contribution in [2.24, 2.45) is 0 Å². The zero-order valence-corrected chi connectivity index (χ0v) is 12.1. The lowest BCUT2D eigenvalue weighted by molar-refractivity contribution is -0.116. The second-order valence-corrected chi connectivity index (χ2v) is 6.17. The van der Waals surface area contributed by atoms with Gasteiger partial charge in [-0.2, -0.15) is 0 Å². The molecule has 0 aliphatic rings. The largest absolute Gasteiger partial charge is 0.500 e. The fourth-order valence-corrected chi connectivity index (χ4v) is 4.15. The van der Waals surface area contributed by atoms with E-state index < -0.39 is 8.80 Å². The topological polar surface area (TPSA) is 56.8 Å². The molecule has 6 heteroatoms. The Morgan fingerprint density at radius 3 is 1.94 bits per heavy atom. The first kappa shape index (κ1) is 16.6. The number of nitrogens with one attached hydrogen (secondary N) is 1. The summed E-state index contributed by atoms with van der Waals surface area (Å²) >= 11 is 0. The van der Waals surface area contributed by atoms with Crippen molar-refractivity contribution in [3.63, 3.8) is 0 Å². The number of amides is 1. The van der Waals surface area contributed by atoms with Gasteiger partial charge in [0.2, 0.25) is 5.91 Å². The van der Waals surface area contributed by atoms with E-state index in [0.29, 0.717) is 32.4 Å². The third-order valence-corrected chi connectivity index (χ3v) is 5.23. The van der Waals surface area contributed by atoms with Gasteiger partial charge in [-0.1, -0.05) is 0 Å². The van der Waals surface area contributed by atoms with Crippen molar-refractivity contribution in [1.82, 2.24) is 5.32 Å². The van der Waals surface area contributed by atoms with Crippen LogP contribution in [-0.4, -0.2) is 41.1 Å². The SMILES string of the molecule is [CH2]C(=O)NCCC[Si](OCC)(OCC)OCC. The number of carbonyl (C=O) groups is 1. The van der Waals surface area contributed by atoms with Gasteiger partial charge >= 0.3 is 8.80 Å². The minimum absolute atomic E-state index is 0.263. The van der Waals surface area contributed by atoms with Gasteiger partial charge in [-0.05, 0) is 27.2 Å². The van der Waals surface area contributed by atoms with Crippen LogP contribution in [0.5, 0.6) is 0 Å². The molecule has 0 unspecified atom stereocenters. The van der Waals surface area contributed by atoms with E-state index in [0.717, 1.165) is 6.42 Å². The van der Waals surface area contributed by atoms with E-state index in [9.17, 15) is 4.79 Å². The average Bonchev–Trinajstić information content (AvgIpc) is 2.25. The van der Waals surface area contributed by atoms with Crippen molar-refractivity contribution < 1.29 is 18.1 Å². The molecule has 17 heavy (non-hydrogen) atoms. The van der Waals surface area contributed by atoms with Crippen molar-refractivity contribution in [3.8, 4) is 0 Å². The summed E-state index contributed by atoms with van der Waals surface area (Å²) in [6.45, 7) is 11.3. The Balaban J connectivity index is 4.18. The fourth-order valence-electron chi connectivity index (χ4n) is 1.53. The van der Waals surface area contributed by atoms with Crippen molar-refractivity contribution in [2.75, 3.05) is 26.4 Å². The Bertz CT molecular complexity index is 197. The maximum Gasteiger partial charge on any atom is 0.500 e. The van der Waals surface area contributed by atoms with Crippen LogP contribution >= 0.6 is 0 Å². The molecule has 0 aliphatic carbocycles. The van der Waals surface area contributed by atoms with Gasteiger partial charge in [-0.3, -0.25) is 4.79 Å². The number of hydrogen-bond donors (Lipinski definition) is 1. The quantitative estimate of drug-likeness (QED) is 0.477. The molecule has 0 rings (SSSR count). The molecule has 0 aromatic carbocycles. The summed E-state index contributed by atoms with van der Waals surface area (Å²) in [4.78, 5) is 10.6. The predicted molar refractivity (Wildman–Crippen MR) is 68.4 cm³/mol. The van der Waals surface area contributed by atoms with E-state index >= 15 is 0 Å². The molecule has 0 aromatic heterocycles. The van der Waals surface area contributed by atoms with Crippen molar-refractivity contribution in [2.45, 2.75) is 33.2 Å². The molecule has 0 fully saturated rings. The van der Waals surface area contributed by atoms with E-state index in [4.69, 9.17) is 13.3 Å². The predicted octanol–water partition coefficient (Wildman–Crippen LogP) is 1.38. The summed E-state index contributed by atoms with van der Waals surface area (Å²) in [6.07, 6.45) is 0.771. The highest BCUT2D eigenvalue weighted by molar-refractivity contribution is 6.60. The van der Waals surface area contributed by atoms with E-state index in [1.54, 1.807) is 0 Å². The van der Waals surface area contributed by atoms with Gasteiger partial charge in [-0.15, -0.1) is 0 Å². The smallest absolute Gasteiger partial charge is 0.374 e. The van der Waals surface area contributed by atoms with Gasteiger partial charge in [0.1, 0.15) is 0 Å². The van der Waals surface area contributed by atoms with Gasteiger partial charge in [0.25, 0.3) is 0 Å². The first-order chi connectivity index (χ1) is 8.10. The van der Waals surface area contributed by atoms with Crippen LogP contribution in [0.4, 0.5) is 0 Å². The third kappa shape index (κ3) is 7.48. The highest BCUT2D eigenvalue weighted by Gasteiger charge is 2.39. The summed E-state index contributed by atoms with van der Waals surface area (Å²) in [5.41, 5.74) is 0. The second kappa shape index (κ2) is 9.58. The molecule has 0 heterocycles. The highest BCUT2D eigenvalue weighted by Crippen LogP contribution is 2.17. The number of rotatable bonds is 10. The average molecular weight is 262 g/mol. The van der Waals surface area contributed by atoms with Crippen LogP contribution in [0.1, 0.15) is 27.2 Å². The lowest BCUT2D eigenvalue weighted by Crippen LogP contribution is -2.46. The van der Waals surface area contributed by atoms with Gasteiger partial charge in [0, 0.05) is 39.3 Å².